The van der Waals surface area contributed by atoms with Crippen molar-refractivity contribution in [1.29, 1.82) is 5.41 Å². The molecule has 0 aromatic heterocycles. The maximum atomic E-state index is 13.3. The molecule has 37 heavy (non-hydrogen) atoms. The van der Waals surface area contributed by atoms with Gasteiger partial charge in [0.15, 0.2) is 0 Å². The Hall–Kier alpha value is -3.48. The molecule has 0 saturated carbocycles. The van der Waals surface area contributed by atoms with Crippen LogP contribution in [0.15, 0.2) is 64.4 Å². The van der Waals surface area contributed by atoms with E-state index in [0.717, 1.165) is 5.56 Å². The Balaban J connectivity index is 2.35. The first kappa shape index (κ1) is 29.7. The van der Waals surface area contributed by atoms with Crippen LogP contribution in [-0.4, -0.2) is 61.9 Å². The first-order valence-corrected chi connectivity index (χ1v) is 13.8. The summed E-state index contributed by atoms with van der Waals surface area (Å²) in [5.41, 5.74) is 7.80. The zero-order valence-electron chi connectivity index (χ0n) is 20.3. The van der Waals surface area contributed by atoms with Crippen LogP contribution in [0.3, 0.4) is 0 Å². The van der Waals surface area contributed by atoms with Gasteiger partial charge in [0.1, 0.15) is 12.6 Å². The molecule has 2 aromatic rings. The van der Waals surface area contributed by atoms with Gasteiger partial charge in [0.05, 0.1) is 9.79 Å². The Morgan fingerprint density at radius 3 is 2.22 bits per heavy atom. The summed E-state index contributed by atoms with van der Waals surface area (Å²) < 4.78 is 53.8. The van der Waals surface area contributed by atoms with Crippen LogP contribution in [0, 0.1) is 24.2 Å². The molecule has 2 aromatic carbocycles. The number of nitrogens with two attached hydrogens (primary N) is 1. The number of guanidine groups is 1. The topological polar surface area (TPSA) is 183 Å². The Bertz CT molecular complexity index is 1350. The Kier molecular flexibility index (Phi) is 10.6. The van der Waals surface area contributed by atoms with E-state index in [9.17, 15) is 26.8 Å². The summed E-state index contributed by atoms with van der Waals surface area (Å²) in [4.78, 5) is 17.6. The third-order valence-electron chi connectivity index (χ3n) is 5.10. The fourth-order valence-electron chi connectivity index (χ4n) is 3.23. The predicted molar refractivity (Wildman–Crippen MR) is 135 cm³/mol. The minimum Gasteiger partial charge on any atom is -0.369 e. The summed E-state index contributed by atoms with van der Waals surface area (Å²) in [5, 5.41) is 17.1. The molecule has 0 aliphatic rings. The van der Waals surface area contributed by atoms with Crippen molar-refractivity contribution in [2.24, 2.45) is 5.73 Å². The minimum absolute atomic E-state index is 0.0901. The standard InChI is InChI=1S/C23H29N5O7S2/c1-3-4-17-35-28(37(33,34)19-9-6-5-7-10-19)21(22(29)26-30)11-8-16-27(23(24)25)36(31,32)20-14-12-18(2)13-15-20/h5-7,9-10,12-15,21,30H,8,11,16-17H2,1-2H3,(H3,24,25)(H,26,29). The molecule has 12 nitrogen and oxygen atoms in total. The molecular formula is C23H29N5O7S2. The molecule has 0 aliphatic carbocycles. The van der Waals surface area contributed by atoms with Gasteiger partial charge in [0.25, 0.3) is 26.0 Å². The van der Waals surface area contributed by atoms with E-state index in [0.29, 0.717) is 8.77 Å². The number of rotatable bonds is 12. The van der Waals surface area contributed by atoms with Crippen LogP contribution in [0.2, 0.25) is 0 Å². The third kappa shape index (κ3) is 7.51. The highest BCUT2D eigenvalue weighted by Crippen LogP contribution is 2.23. The molecule has 0 heterocycles. The molecule has 0 spiro atoms. The number of nitrogens with one attached hydrogen (secondary N) is 2. The maximum absolute atomic E-state index is 13.3. The van der Waals surface area contributed by atoms with Gasteiger partial charge >= 0.3 is 0 Å². The highest BCUT2D eigenvalue weighted by molar-refractivity contribution is 7.89. The SMILES string of the molecule is CC#CCON(C(CCCN(C(=N)N)S(=O)(=O)c1ccc(C)cc1)C(=O)NO)S(=O)(=O)c1ccccc1. The molecule has 0 fully saturated rings. The predicted octanol–water partition coefficient (Wildman–Crippen LogP) is 1.18. The Labute approximate surface area is 216 Å². The number of hydroxylamine groups is 2. The summed E-state index contributed by atoms with van der Waals surface area (Å²) in [5.74, 6) is 3.22. The largest absolute Gasteiger partial charge is 0.369 e. The number of carbonyl (C=O) groups is 1. The van der Waals surface area contributed by atoms with E-state index < -0.39 is 38.0 Å². The molecule has 2 rings (SSSR count). The molecule has 0 bridgehead atoms. The van der Waals surface area contributed by atoms with Crippen molar-refractivity contribution in [3.8, 4) is 11.8 Å². The molecule has 1 amide bonds. The number of hydrogen-bond donors (Lipinski definition) is 4. The van der Waals surface area contributed by atoms with Crippen molar-refractivity contribution in [3.63, 3.8) is 0 Å². The number of sulfonamides is 2. The van der Waals surface area contributed by atoms with Crippen LogP contribution in [-0.2, 0) is 29.7 Å². The number of amides is 1. The van der Waals surface area contributed by atoms with Gasteiger partial charge in [-0.25, -0.2) is 26.6 Å². The molecule has 200 valence electrons. The highest BCUT2D eigenvalue weighted by atomic mass is 32.2. The van der Waals surface area contributed by atoms with Crippen molar-refractivity contribution in [2.75, 3.05) is 13.2 Å². The van der Waals surface area contributed by atoms with Crippen molar-refractivity contribution in [3.05, 3.63) is 60.2 Å². The van der Waals surface area contributed by atoms with Gasteiger partial charge in [0.2, 0.25) is 5.96 Å². The summed E-state index contributed by atoms with van der Waals surface area (Å²) in [6.45, 7) is 2.57. The molecule has 5 N–H and O–H groups in total. The lowest BCUT2D eigenvalue weighted by Crippen LogP contribution is -2.49. The van der Waals surface area contributed by atoms with Crippen molar-refractivity contribution >= 4 is 31.9 Å². The fourth-order valence-corrected chi connectivity index (χ4v) is 6.03. The van der Waals surface area contributed by atoms with E-state index >= 15 is 0 Å². The van der Waals surface area contributed by atoms with E-state index in [4.69, 9.17) is 16.0 Å². The number of benzene rings is 2. The number of hydrogen-bond acceptors (Lipinski definition) is 8. The van der Waals surface area contributed by atoms with Gasteiger partial charge in [-0.15, -0.1) is 5.92 Å². The van der Waals surface area contributed by atoms with Gasteiger partial charge in [-0.05, 0) is 51.0 Å². The first-order valence-electron chi connectivity index (χ1n) is 11.0. The van der Waals surface area contributed by atoms with Gasteiger partial charge in [-0.3, -0.25) is 20.2 Å². The summed E-state index contributed by atoms with van der Waals surface area (Å²) >= 11 is 0. The monoisotopic (exact) mass is 551 g/mol. The fraction of sp³-hybridized carbons (Fsp3) is 0.304. The molecule has 0 aliphatic heterocycles. The molecule has 1 unspecified atom stereocenters. The van der Waals surface area contributed by atoms with Gasteiger partial charge in [-0.2, -0.15) is 0 Å². The lowest BCUT2D eigenvalue weighted by atomic mass is 10.1. The first-order chi connectivity index (χ1) is 17.5. The third-order valence-corrected chi connectivity index (χ3v) is 8.63. The van der Waals surface area contributed by atoms with Crippen LogP contribution >= 0.6 is 0 Å². The lowest BCUT2D eigenvalue weighted by molar-refractivity contribution is -0.151. The minimum atomic E-state index is -4.41. The average Bonchev–Trinajstić information content (AvgIpc) is 2.87. The zero-order chi connectivity index (χ0) is 27.6. The molecule has 14 heteroatoms. The van der Waals surface area contributed by atoms with E-state index in [1.54, 1.807) is 25.1 Å². The highest BCUT2D eigenvalue weighted by Gasteiger charge is 2.37. The van der Waals surface area contributed by atoms with Crippen molar-refractivity contribution in [1.82, 2.24) is 14.3 Å². The van der Waals surface area contributed by atoms with Gasteiger partial charge < -0.3 is 5.73 Å². The number of nitrogens with zero attached hydrogens (tertiary/aromatic N) is 2. The molecule has 0 radical (unpaired) electrons. The number of aryl methyl sites for hydroxylation is 1. The van der Waals surface area contributed by atoms with Gasteiger partial charge in [0, 0.05) is 6.54 Å². The second-order valence-corrected chi connectivity index (χ2v) is 11.3. The molecule has 0 saturated heterocycles. The van der Waals surface area contributed by atoms with E-state index in [2.05, 4.69) is 11.8 Å². The molecular weight excluding hydrogens is 522 g/mol. The zero-order valence-corrected chi connectivity index (χ0v) is 21.9. The number of carbonyl (C=O) groups excluding carboxylic acids is 1. The smallest absolute Gasteiger partial charge is 0.266 e. The summed E-state index contributed by atoms with van der Waals surface area (Å²) in [6, 6.07) is 11.5. The van der Waals surface area contributed by atoms with Crippen LogP contribution in [0.25, 0.3) is 0 Å². The van der Waals surface area contributed by atoms with Crippen LogP contribution in [0.1, 0.15) is 25.3 Å². The normalized spacial score (nSPS) is 12.3. The van der Waals surface area contributed by atoms with Gasteiger partial charge in [-0.1, -0.05) is 46.3 Å². The Morgan fingerprint density at radius 1 is 1.08 bits per heavy atom. The summed E-state index contributed by atoms with van der Waals surface area (Å²) in [7, 11) is -8.60. The average molecular weight is 552 g/mol. The molecule has 1 atom stereocenters. The maximum Gasteiger partial charge on any atom is 0.266 e. The van der Waals surface area contributed by atoms with E-state index in [1.165, 1.54) is 48.8 Å². The Morgan fingerprint density at radius 2 is 1.68 bits per heavy atom. The second kappa shape index (κ2) is 13.2. The van der Waals surface area contributed by atoms with Crippen molar-refractivity contribution in [2.45, 2.75) is 42.5 Å². The van der Waals surface area contributed by atoms with E-state index in [-0.39, 0.29) is 35.8 Å². The van der Waals surface area contributed by atoms with Crippen LogP contribution in [0.4, 0.5) is 0 Å². The summed E-state index contributed by atoms with van der Waals surface area (Å²) in [6.07, 6.45) is -0.433. The van der Waals surface area contributed by atoms with Crippen LogP contribution in [0.5, 0.6) is 0 Å². The van der Waals surface area contributed by atoms with Crippen molar-refractivity contribution < 1.29 is 31.7 Å². The second-order valence-electron chi connectivity index (χ2n) is 7.68. The lowest BCUT2D eigenvalue weighted by Gasteiger charge is -2.29. The van der Waals surface area contributed by atoms with E-state index in [1.807, 2.05) is 0 Å². The van der Waals surface area contributed by atoms with Crippen LogP contribution < -0.4 is 11.2 Å². The quantitative estimate of drug-likeness (QED) is 0.0996.